The highest BCUT2D eigenvalue weighted by Crippen LogP contribution is 2.17. The van der Waals surface area contributed by atoms with Crippen LogP contribution in [0.2, 0.25) is 0 Å². The fourth-order valence-electron chi connectivity index (χ4n) is 2.45. The lowest BCUT2D eigenvalue weighted by atomic mass is 10.1. The third-order valence-corrected chi connectivity index (χ3v) is 3.92. The van der Waals surface area contributed by atoms with Crippen LogP contribution in [0.1, 0.15) is 16.9 Å². The van der Waals surface area contributed by atoms with Crippen LogP contribution in [-0.4, -0.2) is 51.1 Å². The summed E-state index contributed by atoms with van der Waals surface area (Å²) >= 11 is 0. The minimum absolute atomic E-state index is 0. The van der Waals surface area contributed by atoms with Crippen molar-refractivity contribution in [2.24, 2.45) is 4.99 Å². The molecule has 1 amide bonds. The van der Waals surface area contributed by atoms with Gasteiger partial charge in [0.25, 0.3) is 0 Å². The monoisotopic (exact) mass is 500 g/mol. The van der Waals surface area contributed by atoms with Gasteiger partial charge in [0.1, 0.15) is 11.5 Å². The first kappa shape index (κ1) is 23.8. The molecule has 0 spiro atoms. The second kappa shape index (κ2) is 12.3. The van der Waals surface area contributed by atoms with Crippen molar-refractivity contribution in [2.45, 2.75) is 19.9 Å². The lowest BCUT2D eigenvalue weighted by Gasteiger charge is -2.15. The van der Waals surface area contributed by atoms with Gasteiger partial charge >= 0.3 is 0 Å². The Bertz CT molecular complexity index is 761. The molecule has 1 aromatic carbocycles. The van der Waals surface area contributed by atoms with E-state index in [-0.39, 0.29) is 36.4 Å². The van der Waals surface area contributed by atoms with Crippen LogP contribution >= 0.6 is 24.0 Å². The minimum Gasteiger partial charge on any atom is -0.497 e. The number of furan rings is 1. The number of hydrogen-bond acceptors (Lipinski definition) is 4. The van der Waals surface area contributed by atoms with Crippen molar-refractivity contribution in [1.82, 2.24) is 15.5 Å². The highest BCUT2D eigenvalue weighted by atomic mass is 127. The quantitative estimate of drug-likeness (QED) is 0.331. The summed E-state index contributed by atoms with van der Waals surface area (Å²) in [4.78, 5) is 18.0. The van der Waals surface area contributed by atoms with Crippen molar-refractivity contribution in [3.63, 3.8) is 0 Å². The lowest BCUT2D eigenvalue weighted by Crippen LogP contribution is -2.43. The average molecular weight is 500 g/mol. The van der Waals surface area contributed by atoms with Crippen LogP contribution < -0.4 is 15.4 Å². The van der Waals surface area contributed by atoms with Gasteiger partial charge in [-0.2, -0.15) is 0 Å². The van der Waals surface area contributed by atoms with E-state index in [0.29, 0.717) is 19.0 Å². The van der Waals surface area contributed by atoms with Crippen LogP contribution in [0.3, 0.4) is 0 Å². The molecule has 2 aromatic rings. The number of aryl methyl sites for hydroxylation is 1. The van der Waals surface area contributed by atoms with Gasteiger partial charge < -0.3 is 24.7 Å². The maximum atomic E-state index is 11.9. The molecule has 2 N–H and O–H groups in total. The van der Waals surface area contributed by atoms with E-state index < -0.39 is 0 Å². The fourth-order valence-corrected chi connectivity index (χ4v) is 2.45. The number of aliphatic imine (C=N–C) groups is 1. The van der Waals surface area contributed by atoms with Crippen molar-refractivity contribution >= 4 is 35.8 Å². The molecule has 0 aliphatic carbocycles. The van der Waals surface area contributed by atoms with Crippen LogP contribution in [0.25, 0.3) is 0 Å². The number of carbonyl (C=O) groups excluding carboxylic acids is 1. The number of benzene rings is 1. The molecule has 28 heavy (non-hydrogen) atoms. The highest BCUT2D eigenvalue weighted by molar-refractivity contribution is 14.0. The summed E-state index contributed by atoms with van der Waals surface area (Å²) in [5.41, 5.74) is 2.15. The standard InChI is InChI=1S/C20H28N4O3.HI/c1-15-10-16(12-18(11-15)26-4)13-22-20(23-14-19(25)24(2)3)21-8-7-17-6-5-9-27-17;/h5-6,9-12H,7-8,13-14H2,1-4H3,(H2,21,22,23);1H. The van der Waals surface area contributed by atoms with Gasteiger partial charge in [-0.1, -0.05) is 6.07 Å². The number of nitrogens with zero attached hydrogens (tertiary/aromatic N) is 2. The summed E-state index contributed by atoms with van der Waals surface area (Å²) in [6.07, 6.45) is 2.39. The second-order valence-electron chi connectivity index (χ2n) is 6.42. The number of hydrogen-bond donors (Lipinski definition) is 2. The van der Waals surface area contributed by atoms with E-state index in [0.717, 1.165) is 29.1 Å². The maximum absolute atomic E-state index is 11.9. The van der Waals surface area contributed by atoms with E-state index in [4.69, 9.17) is 9.15 Å². The predicted octanol–water partition coefficient (Wildman–Crippen LogP) is 2.58. The molecule has 0 aliphatic rings. The van der Waals surface area contributed by atoms with Crippen LogP contribution in [0, 0.1) is 6.92 Å². The zero-order chi connectivity index (χ0) is 19.6. The van der Waals surface area contributed by atoms with Crippen molar-refractivity contribution in [3.05, 3.63) is 53.5 Å². The molecule has 0 unspecified atom stereocenters. The SMILES string of the molecule is COc1cc(C)cc(CN=C(NCCc2ccco2)NCC(=O)N(C)C)c1.I. The number of rotatable bonds is 8. The second-order valence-corrected chi connectivity index (χ2v) is 6.42. The van der Waals surface area contributed by atoms with Crippen molar-refractivity contribution in [3.8, 4) is 5.75 Å². The largest absolute Gasteiger partial charge is 0.497 e. The molecule has 1 aromatic heterocycles. The van der Waals surface area contributed by atoms with Crippen LogP contribution in [-0.2, 0) is 17.8 Å². The zero-order valence-electron chi connectivity index (χ0n) is 16.8. The minimum atomic E-state index is -0.0206. The smallest absolute Gasteiger partial charge is 0.241 e. The number of carbonyl (C=O) groups is 1. The summed E-state index contributed by atoms with van der Waals surface area (Å²) in [5, 5.41) is 6.32. The summed E-state index contributed by atoms with van der Waals surface area (Å²) in [6.45, 7) is 3.32. The van der Waals surface area contributed by atoms with Crippen molar-refractivity contribution in [2.75, 3.05) is 34.3 Å². The van der Waals surface area contributed by atoms with Crippen molar-refractivity contribution < 1.29 is 13.9 Å². The first-order valence-electron chi connectivity index (χ1n) is 8.87. The first-order valence-corrected chi connectivity index (χ1v) is 8.87. The van der Waals surface area contributed by atoms with Crippen LogP contribution in [0.5, 0.6) is 5.75 Å². The molecule has 0 radical (unpaired) electrons. The molecule has 0 saturated carbocycles. The maximum Gasteiger partial charge on any atom is 0.241 e. The number of nitrogens with one attached hydrogen (secondary N) is 2. The summed E-state index contributed by atoms with van der Waals surface area (Å²) in [6, 6.07) is 9.80. The first-order chi connectivity index (χ1) is 13.0. The Morgan fingerprint density at radius 2 is 2.04 bits per heavy atom. The van der Waals surface area contributed by atoms with E-state index in [1.165, 1.54) is 0 Å². The molecular formula is C20H29IN4O3. The number of halogens is 1. The molecule has 1 heterocycles. The van der Waals surface area contributed by atoms with E-state index in [1.807, 2.05) is 31.2 Å². The van der Waals surface area contributed by atoms with E-state index in [1.54, 1.807) is 32.4 Å². The van der Waals surface area contributed by atoms with Gasteiger partial charge in [-0.15, -0.1) is 24.0 Å². The summed E-state index contributed by atoms with van der Waals surface area (Å²) < 4.78 is 10.7. The molecule has 154 valence electrons. The molecule has 7 nitrogen and oxygen atoms in total. The van der Waals surface area contributed by atoms with E-state index in [2.05, 4.69) is 21.7 Å². The van der Waals surface area contributed by atoms with E-state index >= 15 is 0 Å². The van der Waals surface area contributed by atoms with Crippen LogP contribution in [0.15, 0.2) is 46.0 Å². The number of guanidine groups is 1. The molecule has 0 fully saturated rings. The Morgan fingerprint density at radius 3 is 2.68 bits per heavy atom. The molecule has 0 aliphatic heterocycles. The average Bonchev–Trinajstić information content (AvgIpc) is 3.16. The molecule has 8 heteroatoms. The number of likely N-dealkylation sites (N-methyl/N-ethyl adjacent to an activating group) is 1. The topological polar surface area (TPSA) is 79.1 Å². The number of methoxy groups -OCH3 is 1. The molecular weight excluding hydrogens is 471 g/mol. The van der Waals surface area contributed by atoms with Crippen molar-refractivity contribution in [1.29, 1.82) is 0 Å². The zero-order valence-corrected chi connectivity index (χ0v) is 19.2. The lowest BCUT2D eigenvalue weighted by molar-refractivity contribution is -0.127. The molecule has 0 atom stereocenters. The Balaban J connectivity index is 0.00000392. The van der Waals surface area contributed by atoms with Gasteiger partial charge in [0.2, 0.25) is 5.91 Å². The fraction of sp³-hybridized carbons (Fsp3) is 0.400. The van der Waals surface area contributed by atoms with Crippen LogP contribution in [0.4, 0.5) is 0 Å². The number of amides is 1. The Hall–Kier alpha value is -2.23. The summed E-state index contributed by atoms with van der Waals surface area (Å²) in [7, 11) is 5.10. The van der Waals surface area contributed by atoms with Gasteiger partial charge in [0, 0.05) is 27.1 Å². The van der Waals surface area contributed by atoms with Gasteiger partial charge in [0.05, 0.1) is 26.5 Å². The van der Waals surface area contributed by atoms with E-state index in [9.17, 15) is 4.79 Å². The summed E-state index contributed by atoms with van der Waals surface area (Å²) in [5.74, 6) is 2.27. The number of ether oxygens (including phenoxy) is 1. The van der Waals surface area contributed by atoms with Gasteiger partial charge in [0.15, 0.2) is 5.96 Å². The van der Waals surface area contributed by atoms with Gasteiger partial charge in [-0.25, -0.2) is 4.99 Å². The van der Waals surface area contributed by atoms with Gasteiger partial charge in [-0.05, 0) is 42.3 Å². The Kier molecular flexibility index (Phi) is 10.4. The normalized spacial score (nSPS) is 10.8. The molecule has 0 bridgehead atoms. The third-order valence-electron chi connectivity index (χ3n) is 3.92. The predicted molar refractivity (Wildman–Crippen MR) is 121 cm³/mol. The van der Waals surface area contributed by atoms with Gasteiger partial charge in [-0.3, -0.25) is 4.79 Å². The highest BCUT2D eigenvalue weighted by Gasteiger charge is 2.07. The molecule has 2 rings (SSSR count). The Labute approximate surface area is 183 Å². The molecule has 0 saturated heterocycles. The third kappa shape index (κ3) is 8.20. The Morgan fingerprint density at radius 1 is 1.25 bits per heavy atom.